The van der Waals surface area contributed by atoms with Gasteiger partial charge in [0.25, 0.3) is 0 Å². The summed E-state index contributed by atoms with van der Waals surface area (Å²) in [5.74, 6) is 2.08. The minimum atomic E-state index is 0.385. The van der Waals surface area contributed by atoms with Gasteiger partial charge in [-0.3, -0.25) is 0 Å². The maximum absolute atomic E-state index is 6.13. The van der Waals surface area contributed by atoms with E-state index in [9.17, 15) is 0 Å². The third kappa shape index (κ3) is 5.02. The number of halogens is 2. The summed E-state index contributed by atoms with van der Waals surface area (Å²) in [6.07, 6.45) is 0. The van der Waals surface area contributed by atoms with Gasteiger partial charge in [-0.1, -0.05) is 29.3 Å². The molecule has 10 heteroatoms. The predicted molar refractivity (Wildman–Crippen MR) is 119 cm³/mol. The predicted octanol–water partition coefficient (Wildman–Crippen LogP) is 4.51. The fraction of sp³-hybridized carbons (Fsp3) is 0.250. The number of ether oxygens (including phenoxy) is 2. The van der Waals surface area contributed by atoms with Crippen molar-refractivity contribution in [3.8, 4) is 5.75 Å². The summed E-state index contributed by atoms with van der Waals surface area (Å²) >= 11 is 12.1. The number of methoxy groups -OCH3 is 1. The SMILES string of the molecule is COc1cccc(Nc2nc(Nc3ccc(Cl)c(Cl)c3)nc(N3CCOCC3)n2)c1. The van der Waals surface area contributed by atoms with Gasteiger partial charge >= 0.3 is 0 Å². The Morgan fingerprint density at radius 3 is 2.27 bits per heavy atom. The van der Waals surface area contributed by atoms with Gasteiger partial charge in [0.2, 0.25) is 17.8 Å². The number of hydrogen-bond donors (Lipinski definition) is 2. The molecule has 0 unspecified atom stereocenters. The van der Waals surface area contributed by atoms with E-state index >= 15 is 0 Å². The molecular weight excluding hydrogens is 427 g/mol. The highest BCUT2D eigenvalue weighted by atomic mass is 35.5. The Labute approximate surface area is 184 Å². The van der Waals surface area contributed by atoms with E-state index in [1.54, 1.807) is 19.2 Å². The first-order chi connectivity index (χ1) is 14.6. The molecule has 0 saturated carbocycles. The van der Waals surface area contributed by atoms with Gasteiger partial charge in [-0.2, -0.15) is 15.0 Å². The third-order valence-corrected chi connectivity index (χ3v) is 5.16. The van der Waals surface area contributed by atoms with Crippen molar-refractivity contribution in [1.29, 1.82) is 0 Å². The highest BCUT2D eigenvalue weighted by Crippen LogP contribution is 2.27. The molecule has 1 fully saturated rings. The highest BCUT2D eigenvalue weighted by Gasteiger charge is 2.17. The number of benzene rings is 2. The van der Waals surface area contributed by atoms with Crippen LogP contribution in [0.4, 0.5) is 29.2 Å². The number of hydrogen-bond acceptors (Lipinski definition) is 8. The second-order valence-corrected chi connectivity index (χ2v) is 7.31. The van der Waals surface area contributed by atoms with Gasteiger partial charge in [-0.15, -0.1) is 0 Å². The summed E-state index contributed by atoms with van der Waals surface area (Å²) in [5.41, 5.74) is 1.52. The van der Waals surface area contributed by atoms with Crippen molar-refractivity contribution in [2.24, 2.45) is 0 Å². The van der Waals surface area contributed by atoms with Crippen molar-refractivity contribution in [3.05, 3.63) is 52.5 Å². The molecule has 0 atom stereocenters. The van der Waals surface area contributed by atoms with E-state index in [1.165, 1.54) is 0 Å². The molecule has 0 amide bonds. The van der Waals surface area contributed by atoms with E-state index in [4.69, 9.17) is 32.7 Å². The first kappa shape index (κ1) is 20.5. The smallest absolute Gasteiger partial charge is 0.233 e. The lowest BCUT2D eigenvalue weighted by Crippen LogP contribution is -2.37. The minimum absolute atomic E-state index is 0.385. The first-order valence-electron chi connectivity index (χ1n) is 9.32. The van der Waals surface area contributed by atoms with Crippen molar-refractivity contribution in [2.45, 2.75) is 0 Å². The lowest BCUT2D eigenvalue weighted by atomic mass is 10.3. The Bertz CT molecular complexity index is 1030. The molecule has 2 N–H and O–H groups in total. The summed E-state index contributed by atoms with van der Waals surface area (Å²) in [6.45, 7) is 2.66. The molecule has 2 aromatic carbocycles. The van der Waals surface area contributed by atoms with Gasteiger partial charge in [0.15, 0.2) is 0 Å². The summed E-state index contributed by atoms with van der Waals surface area (Å²) in [6, 6.07) is 12.8. The van der Waals surface area contributed by atoms with Gasteiger partial charge < -0.3 is 25.0 Å². The molecule has 0 aliphatic carbocycles. The molecule has 3 aromatic rings. The maximum Gasteiger partial charge on any atom is 0.233 e. The minimum Gasteiger partial charge on any atom is -0.497 e. The molecule has 1 aromatic heterocycles. The lowest BCUT2D eigenvalue weighted by Gasteiger charge is -2.27. The van der Waals surface area contributed by atoms with E-state index < -0.39 is 0 Å². The Kier molecular flexibility index (Phi) is 6.37. The Morgan fingerprint density at radius 2 is 1.60 bits per heavy atom. The van der Waals surface area contributed by atoms with E-state index in [0.717, 1.165) is 17.1 Å². The van der Waals surface area contributed by atoms with Crippen LogP contribution >= 0.6 is 23.2 Å². The third-order valence-electron chi connectivity index (χ3n) is 4.42. The standard InChI is InChI=1S/C20H20Cl2N6O2/c1-29-15-4-2-3-13(11-15)23-18-25-19(24-14-5-6-16(21)17(22)12-14)27-20(26-18)28-7-9-30-10-8-28/h2-6,11-12H,7-10H2,1H3,(H2,23,24,25,26,27). The van der Waals surface area contributed by atoms with Crippen molar-refractivity contribution in [3.63, 3.8) is 0 Å². The largest absolute Gasteiger partial charge is 0.497 e. The Hall–Kier alpha value is -2.81. The van der Waals surface area contributed by atoms with Crippen LogP contribution < -0.4 is 20.3 Å². The second-order valence-electron chi connectivity index (χ2n) is 6.49. The van der Waals surface area contributed by atoms with Crippen molar-refractivity contribution in [2.75, 3.05) is 48.9 Å². The molecular formula is C20H20Cl2N6O2. The van der Waals surface area contributed by atoms with Crippen molar-refractivity contribution < 1.29 is 9.47 Å². The van der Waals surface area contributed by atoms with E-state index in [0.29, 0.717) is 54.2 Å². The summed E-state index contributed by atoms with van der Waals surface area (Å²) in [7, 11) is 1.62. The van der Waals surface area contributed by atoms with Crippen LogP contribution in [0, 0.1) is 0 Å². The molecule has 4 rings (SSSR count). The molecule has 1 aliphatic rings. The molecule has 1 aliphatic heterocycles. The van der Waals surface area contributed by atoms with Gasteiger partial charge in [-0.05, 0) is 30.3 Å². The number of morpholine rings is 1. The van der Waals surface area contributed by atoms with Crippen molar-refractivity contribution >= 4 is 52.4 Å². The Morgan fingerprint density at radius 1 is 0.900 bits per heavy atom. The average molecular weight is 447 g/mol. The monoisotopic (exact) mass is 446 g/mol. The van der Waals surface area contributed by atoms with Gasteiger partial charge in [0, 0.05) is 30.5 Å². The number of anilines is 5. The van der Waals surface area contributed by atoms with Gasteiger partial charge in [0.05, 0.1) is 30.4 Å². The molecule has 0 radical (unpaired) electrons. The van der Waals surface area contributed by atoms with Crippen LogP contribution in [0.5, 0.6) is 5.75 Å². The van der Waals surface area contributed by atoms with E-state index in [1.807, 2.05) is 30.3 Å². The summed E-state index contributed by atoms with van der Waals surface area (Å²) < 4.78 is 10.7. The normalized spacial score (nSPS) is 13.8. The molecule has 30 heavy (non-hydrogen) atoms. The van der Waals surface area contributed by atoms with Crippen molar-refractivity contribution in [1.82, 2.24) is 15.0 Å². The zero-order chi connectivity index (χ0) is 20.9. The van der Waals surface area contributed by atoms with Crippen LogP contribution in [0.2, 0.25) is 10.0 Å². The molecule has 8 nitrogen and oxygen atoms in total. The zero-order valence-corrected chi connectivity index (χ0v) is 17.7. The van der Waals surface area contributed by atoms with E-state index in [2.05, 4.69) is 30.5 Å². The number of nitrogens with zero attached hydrogens (tertiary/aromatic N) is 4. The first-order valence-corrected chi connectivity index (χ1v) is 10.1. The molecule has 156 valence electrons. The van der Waals surface area contributed by atoms with Gasteiger partial charge in [0.1, 0.15) is 5.75 Å². The fourth-order valence-corrected chi connectivity index (χ4v) is 3.21. The molecule has 2 heterocycles. The Balaban J connectivity index is 1.65. The number of aromatic nitrogens is 3. The van der Waals surface area contributed by atoms with Crippen LogP contribution in [-0.2, 0) is 4.74 Å². The lowest BCUT2D eigenvalue weighted by molar-refractivity contribution is 0.122. The zero-order valence-electron chi connectivity index (χ0n) is 16.2. The van der Waals surface area contributed by atoms with Crippen LogP contribution in [0.1, 0.15) is 0 Å². The van der Waals surface area contributed by atoms with Gasteiger partial charge in [-0.25, -0.2) is 0 Å². The fourth-order valence-electron chi connectivity index (χ4n) is 2.91. The quantitative estimate of drug-likeness (QED) is 0.571. The molecule has 0 spiro atoms. The second kappa shape index (κ2) is 9.34. The van der Waals surface area contributed by atoms with Crippen LogP contribution in [0.15, 0.2) is 42.5 Å². The topological polar surface area (TPSA) is 84.4 Å². The van der Waals surface area contributed by atoms with Crippen LogP contribution in [0.3, 0.4) is 0 Å². The van der Waals surface area contributed by atoms with Crippen LogP contribution in [-0.4, -0.2) is 48.4 Å². The van der Waals surface area contributed by atoms with Crippen LogP contribution in [0.25, 0.3) is 0 Å². The number of rotatable bonds is 6. The maximum atomic E-state index is 6.13. The highest BCUT2D eigenvalue weighted by molar-refractivity contribution is 6.42. The molecule has 1 saturated heterocycles. The summed E-state index contributed by atoms with van der Waals surface area (Å²) in [4.78, 5) is 15.7. The number of nitrogens with one attached hydrogen (secondary N) is 2. The molecule has 0 bridgehead atoms. The average Bonchev–Trinajstić information content (AvgIpc) is 2.77. The van der Waals surface area contributed by atoms with E-state index in [-0.39, 0.29) is 0 Å². The summed E-state index contributed by atoms with van der Waals surface area (Å²) in [5, 5.41) is 7.31.